The van der Waals surface area contributed by atoms with Crippen molar-refractivity contribution in [3.63, 3.8) is 0 Å². The van der Waals surface area contributed by atoms with E-state index < -0.39 is 0 Å². The van der Waals surface area contributed by atoms with Crippen LogP contribution in [0.3, 0.4) is 0 Å². The quantitative estimate of drug-likeness (QED) is 0.571. The van der Waals surface area contributed by atoms with Crippen molar-refractivity contribution < 1.29 is 4.79 Å². The van der Waals surface area contributed by atoms with Gasteiger partial charge in [-0.3, -0.25) is 4.79 Å². The van der Waals surface area contributed by atoms with E-state index in [-0.39, 0.29) is 5.91 Å². The summed E-state index contributed by atoms with van der Waals surface area (Å²) in [6.07, 6.45) is 3.40. The molecule has 128 valence electrons. The maximum Gasteiger partial charge on any atom is 0.251 e. The van der Waals surface area contributed by atoms with Gasteiger partial charge in [0.05, 0.1) is 5.69 Å². The average molecular weight is 363 g/mol. The molecule has 0 radical (unpaired) electrons. The predicted octanol–water partition coefficient (Wildman–Crippen LogP) is 4.21. The molecule has 4 rings (SSSR count). The van der Waals surface area contributed by atoms with E-state index in [0.717, 1.165) is 27.9 Å². The molecule has 1 amide bonds. The van der Waals surface area contributed by atoms with Crippen molar-refractivity contribution in [1.82, 2.24) is 20.3 Å². The van der Waals surface area contributed by atoms with Crippen LogP contribution in [-0.2, 0) is 6.54 Å². The van der Waals surface area contributed by atoms with Gasteiger partial charge >= 0.3 is 0 Å². The van der Waals surface area contributed by atoms with Crippen LogP contribution in [-0.4, -0.2) is 20.9 Å². The van der Waals surface area contributed by atoms with Gasteiger partial charge in [0.2, 0.25) is 0 Å². The third kappa shape index (κ3) is 3.30. The second kappa shape index (κ2) is 6.98. The number of fused-ring (bicyclic) bond motifs is 1. The number of aromatic amines is 1. The summed E-state index contributed by atoms with van der Waals surface area (Å²) < 4.78 is 0. The summed E-state index contributed by atoms with van der Waals surface area (Å²) in [4.78, 5) is 23.9. The number of halogens is 1. The van der Waals surface area contributed by atoms with Crippen molar-refractivity contribution in [3.8, 4) is 11.3 Å². The maximum absolute atomic E-state index is 12.2. The molecule has 2 heterocycles. The second-order valence-corrected chi connectivity index (χ2v) is 6.29. The standard InChI is InChI=1S/C20H15ClN4O/c21-16-3-1-2-15(10-16)20(26)23-11-13-4-6-14(7-5-13)18-17-8-9-22-19(17)25-12-24-18/h1-10,12H,11H2,(H,23,26)(H,22,24,25). The maximum atomic E-state index is 12.2. The minimum atomic E-state index is -0.151. The van der Waals surface area contributed by atoms with Gasteiger partial charge in [0.25, 0.3) is 5.91 Å². The summed E-state index contributed by atoms with van der Waals surface area (Å²) in [6, 6.07) is 16.8. The summed E-state index contributed by atoms with van der Waals surface area (Å²) >= 11 is 5.92. The number of H-pyrrole nitrogens is 1. The zero-order chi connectivity index (χ0) is 17.9. The van der Waals surface area contributed by atoms with Crippen LogP contribution in [0.4, 0.5) is 0 Å². The SMILES string of the molecule is O=C(NCc1ccc(-c2ncnc3[nH]ccc23)cc1)c1cccc(Cl)c1. The summed E-state index contributed by atoms with van der Waals surface area (Å²) in [6.45, 7) is 0.439. The Hall–Kier alpha value is -3.18. The minimum Gasteiger partial charge on any atom is -0.348 e. The van der Waals surface area contributed by atoms with Gasteiger partial charge in [0.15, 0.2) is 0 Å². The van der Waals surface area contributed by atoms with E-state index in [1.165, 1.54) is 0 Å². The van der Waals surface area contributed by atoms with Crippen molar-refractivity contribution in [2.75, 3.05) is 0 Å². The number of rotatable bonds is 4. The monoisotopic (exact) mass is 362 g/mol. The van der Waals surface area contributed by atoms with Crippen molar-refractivity contribution in [3.05, 3.63) is 83.3 Å². The van der Waals surface area contributed by atoms with Crippen LogP contribution in [0.2, 0.25) is 5.02 Å². The number of hydrogen-bond donors (Lipinski definition) is 2. The van der Waals surface area contributed by atoms with Gasteiger partial charge in [-0.15, -0.1) is 0 Å². The van der Waals surface area contributed by atoms with Crippen LogP contribution >= 0.6 is 11.6 Å². The largest absolute Gasteiger partial charge is 0.348 e. The Morgan fingerprint density at radius 2 is 1.92 bits per heavy atom. The number of amides is 1. The van der Waals surface area contributed by atoms with E-state index in [2.05, 4.69) is 20.3 Å². The molecule has 0 spiro atoms. The third-order valence-electron chi connectivity index (χ3n) is 4.12. The number of carbonyl (C=O) groups is 1. The molecule has 5 nitrogen and oxygen atoms in total. The Labute approximate surface area is 155 Å². The molecule has 4 aromatic rings. The first-order valence-electron chi connectivity index (χ1n) is 8.12. The molecular formula is C20H15ClN4O. The number of carbonyl (C=O) groups excluding carboxylic acids is 1. The van der Waals surface area contributed by atoms with Crippen LogP contribution < -0.4 is 5.32 Å². The van der Waals surface area contributed by atoms with Gasteiger partial charge < -0.3 is 10.3 Å². The Balaban J connectivity index is 1.48. The normalized spacial score (nSPS) is 10.8. The molecule has 2 aromatic heterocycles. The van der Waals surface area contributed by atoms with Gasteiger partial charge in [-0.2, -0.15) is 0 Å². The van der Waals surface area contributed by atoms with Crippen LogP contribution in [0.25, 0.3) is 22.3 Å². The first-order valence-corrected chi connectivity index (χ1v) is 8.50. The highest BCUT2D eigenvalue weighted by Crippen LogP contribution is 2.24. The Morgan fingerprint density at radius 1 is 1.08 bits per heavy atom. The van der Waals surface area contributed by atoms with Crippen molar-refractivity contribution in [2.24, 2.45) is 0 Å². The van der Waals surface area contributed by atoms with Crippen molar-refractivity contribution >= 4 is 28.5 Å². The van der Waals surface area contributed by atoms with Crippen LogP contribution in [0.15, 0.2) is 67.1 Å². The van der Waals surface area contributed by atoms with Crippen LogP contribution in [0.5, 0.6) is 0 Å². The predicted molar refractivity (Wildman–Crippen MR) is 102 cm³/mol. The van der Waals surface area contributed by atoms with Crippen LogP contribution in [0.1, 0.15) is 15.9 Å². The Kier molecular flexibility index (Phi) is 4.37. The highest BCUT2D eigenvalue weighted by Gasteiger charge is 2.08. The number of nitrogens with zero attached hydrogens (tertiary/aromatic N) is 2. The van der Waals surface area contributed by atoms with Crippen LogP contribution in [0, 0.1) is 0 Å². The fourth-order valence-electron chi connectivity index (χ4n) is 2.80. The number of benzene rings is 2. The summed E-state index contributed by atoms with van der Waals surface area (Å²) in [7, 11) is 0. The lowest BCUT2D eigenvalue weighted by atomic mass is 10.1. The van der Waals surface area contributed by atoms with Gasteiger partial charge in [-0.1, -0.05) is 41.9 Å². The van der Waals surface area contributed by atoms with E-state index in [4.69, 9.17) is 11.6 Å². The van der Waals surface area contributed by atoms with Crippen molar-refractivity contribution in [1.29, 1.82) is 0 Å². The summed E-state index contributed by atoms with van der Waals surface area (Å²) in [5.41, 5.74) is 4.24. The van der Waals surface area contributed by atoms with E-state index in [9.17, 15) is 4.79 Å². The molecule has 0 saturated heterocycles. The zero-order valence-corrected chi connectivity index (χ0v) is 14.5. The molecule has 6 heteroatoms. The van der Waals surface area contributed by atoms with E-state index in [1.54, 1.807) is 30.6 Å². The first-order chi connectivity index (χ1) is 12.7. The number of hydrogen-bond acceptors (Lipinski definition) is 3. The van der Waals surface area contributed by atoms with E-state index in [0.29, 0.717) is 17.1 Å². The molecule has 2 N–H and O–H groups in total. The molecule has 0 aliphatic rings. The fourth-order valence-corrected chi connectivity index (χ4v) is 2.99. The lowest BCUT2D eigenvalue weighted by molar-refractivity contribution is 0.0951. The average Bonchev–Trinajstić information content (AvgIpc) is 3.15. The molecule has 0 aliphatic heterocycles. The molecule has 0 unspecified atom stereocenters. The van der Waals surface area contributed by atoms with Gasteiger partial charge in [-0.25, -0.2) is 9.97 Å². The van der Waals surface area contributed by atoms with Gasteiger partial charge in [-0.05, 0) is 29.8 Å². The molecule has 0 aliphatic carbocycles. The molecule has 26 heavy (non-hydrogen) atoms. The highest BCUT2D eigenvalue weighted by atomic mass is 35.5. The summed E-state index contributed by atoms with van der Waals surface area (Å²) in [5, 5.41) is 4.42. The van der Waals surface area contributed by atoms with Gasteiger partial charge in [0, 0.05) is 34.3 Å². The molecule has 2 aromatic carbocycles. The minimum absolute atomic E-state index is 0.151. The Morgan fingerprint density at radius 3 is 2.73 bits per heavy atom. The van der Waals surface area contributed by atoms with E-state index >= 15 is 0 Å². The highest BCUT2D eigenvalue weighted by molar-refractivity contribution is 6.30. The smallest absolute Gasteiger partial charge is 0.251 e. The molecule has 0 bridgehead atoms. The topological polar surface area (TPSA) is 70.7 Å². The van der Waals surface area contributed by atoms with Crippen molar-refractivity contribution in [2.45, 2.75) is 6.54 Å². The second-order valence-electron chi connectivity index (χ2n) is 5.85. The third-order valence-corrected chi connectivity index (χ3v) is 4.36. The lowest BCUT2D eigenvalue weighted by Crippen LogP contribution is -2.22. The Bertz CT molecular complexity index is 1070. The molecule has 0 atom stereocenters. The molecular weight excluding hydrogens is 348 g/mol. The summed E-state index contributed by atoms with van der Waals surface area (Å²) in [5.74, 6) is -0.151. The first kappa shape index (κ1) is 16.3. The van der Waals surface area contributed by atoms with Gasteiger partial charge in [0.1, 0.15) is 12.0 Å². The zero-order valence-electron chi connectivity index (χ0n) is 13.7. The van der Waals surface area contributed by atoms with E-state index in [1.807, 2.05) is 36.5 Å². The molecule has 0 fully saturated rings. The number of aromatic nitrogens is 3. The lowest BCUT2D eigenvalue weighted by Gasteiger charge is -2.07. The molecule has 0 saturated carbocycles. The fraction of sp³-hybridized carbons (Fsp3) is 0.0500. The number of nitrogens with one attached hydrogen (secondary N) is 2.